The van der Waals surface area contributed by atoms with Gasteiger partial charge in [0.15, 0.2) is 5.82 Å². The Balaban J connectivity index is 1.41. The summed E-state index contributed by atoms with van der Waals surface area (Å²) in [5.74, 6) is 1.09. The lowest BCUT2D eigenvalue weighted by atomic mass is 10.2. The van der Waals surface area contributed by atoms with E-state index in [1.165, 1.54) is 5.56 Å². The van der Waals surface area contributed by atoms with Crippen molar-refractivity contribution in [2.45, 2.75) is 13.5 Å². The summed E-state index contributed by atoms with van der Waals surface area (Å²) >= 11 is 5.91. The summed E-state index contributed by atoms with van der Waals surface area (Å²) in [5.41, 5.74) is 1.26. The molecule has 0 unspecified atom stereocenters. The first-order valence-electron chi connectivity index (χ1n) is 8.01. The van der Waals surface area contributed by atoms with Gasteiger partial charge in [-0.15, -0.1) is 0 Å². The maximum atomic E-state index is 12.0. The van der Waals surface area contributed by atoms with Gasteiger partial charge in [0, 0.05) is 43.8 Å². The number of carbonyl (C=O) groups excluding carboxylic acids is 1. The highest BCUT2D eigenvalue weighted by Gasteiger charge is 2.19. The average Bonchev–Trinajstić information content (AvgIpc) is 2.96. The molecule has 7 heteroatoms. The molecule has 1 aromatic carbocycles. The summed E-state index contributed by atoms with van der Waals surface area (Å²) < 4.78 is 4.94. The van der Waals surface area contributed by atoms with Crippen molar-refractivity contribution in [1.29, 1.82) is 0 Å². The van der Waals surface area contributed by atoms with E-state index >= 15 is 0 Å². The zero-order valence-corrected chi connectivity index (χ0v) is 14.4. The highest BCUT2D eigenvalue weighted by Crippen LogP contribution is 2.13. The summed E-state index contributed by atoms with van der Waals surface area (Å²) in [7, 11) is 0. The van der Waals surface area contributed by atoms with Crippen molar-refractivity contribution in [3.63, 3.8) is 0 Å². The smallest absolute Gasteiger partial charge is 0.239 e. The van der Waals surface area contributed by atoms with Gasteiger partial charge in [0.1, 0.15) is 5.76 Å². The van der Waals surface area contributed by atoms with E-state index in [0.29, 0.717) is 18.1 Å². The third-order valence-corrected chi connectivity index (χ3v) is 4.30. The van der Waals surface area contributed by atoms with Crippen LogP contribution in [0, 0.1) is 6.92 Å². The number of piperazine rings is 1. The molecule has 3 rings (SSSR count). The van der Waals surface area contributed by atoms with E-state index in [4.69, 9.17) is 16.1 Å². The Labute approximate surface area is 146 Å². The molecule has 24 heavy (non-hydrogen) atoms. The van der Waals surface area contributed by atoms with Crippen LogP contribution in [-0.4, -0.2) is 53.6 Å². The number of rotatable bonds is 5. The lowest BCUT2D eigenvalue weighted by Crippen LogP contribution is -2.48. The standard InChI is InChI=1S/C17H21ClN4O2/c1-13-10-16(20-24-13)19-17(23)12-22-8-6-21(7-9-22)11-14-2-4-15(18)5-3-14/h2-5,10H,6-9,11-12H2,1H3,(H,19,20,23). The van der Waals surface area contributed by atoms with Gasteiger partial charge < -0.3 is 9.84 Å². The second-order valence-electron chi connectivity index (χ2n) is 6.05. The van der Waals surface area contributed by atoms with Gasteiger partial charge in [-0.25, -0.2) is 0 Å². The molecule has 1 aliphatic heterocycles. The molecule has 0 radical (unpaired) electrons. The molecule has 0 aliphatic carbocycles. The number of benzene rings is 1. The second-order valence-corrected chi connectivity index (χ2v) is 6.49. The summed E-state index contributed by atoms with van der Waals surface area (Å²) in [4.78, 5) is 16.6. The number of halogens is 1. The topological polar surface area (TPSA) is 61.6 Å². The van der Waals surface area contributed by atoms with Crippen LogP contribution in [0.25, 0.3) is 0 Å². The molecule has 0 saturated carbocycles. The number of anilines is 1. The van der Waals surface area contributed by atoms with Gasteiger partial charge in [-0.2, -0.15) is 0 Å². The van der Waals surface area contributed by atoms with Crippen molar-refractivity contribution in [2.24, 2.45) is 0 Å². The van der Waals surface area contributed by atoms with Gasteiger partial charge in [-0.05, 0) is 24.6 Å². The van der Waals surface area contributed by atoms with Crippen molar-refractivity contribution >= 4 is 23.3 Å². The van der Waals surface area contributed by atoms with E-state index in [0.717, 1.165) is 37.7 Å². The first-order valence-corrected chi connectivity index (χ1v) is 8.38. The third-order valence-electron chi connectivity index (χ3n) is 4.05. The van der Waals surface area contributed by atoms with Crippen LogP contribution in [0.1, 0.15) is 11.3 Å². The number of hydrogen-bond donors (Lipinski definition) is 1. The summed E-state index contributed by atoms with van der Waals surface area (Å²) in [5, 5.41) is 7.29. The summed E-state index contributed by atoms with van der Waals surface area (Å²) in [6.07, 6.45) is 0. The van der Waals surface area contributed by atoms with Crippen LogP contribution in [0.4, 0.5) is 5.82 Å². The molecule has 1 amide bonds. The van der Waals surface area contributed by atoms with E-state index in [9.17, 15) is 4.79 Å². The summed E-state index contributed by atoms with van der Waals surface area (Å²) in [6.45, 7) is 6.72. The lowest BCUT2D eigenvalue weighted by molar-refractivity contribution is -0.117. The first-order chi connectivity index (χ1) is 11.6. The molecule has 0 spiro atoms. The quantitative estimate of drug-likeness (QED) is 0.899. The molecular formula is C17H21ClN4O2. The number of hydrogen-bond acceptors (Lipinski definition) is 5. The number of carbonyl (C=O) groups is 1. The van der Waals surface area contributed by atoms with E-state index in [2.05, 4.69) is 32.4 Å². The molecule has 2 heterocycles. The van der Waals surface area contributed by atoms with Crippen LogP contribution in [0.3, 0.4) is 0 Å². The van der Waals surface area contributed by atoms with Gasteiger partial charge in [0.05, 0.1) is 6.54 Å². The van der Waals surface area contributed by atoms with Gasteiger partial charge in [0.2, 0.25) is 5.91 Å². The minimum Gasteiger partial charge on any atom is -0.360 e. The van der Waals surface area contributed by atoms with E-state index < -0.39 is 0 Å². The number of nitrogens with one attached hydrogen (secondary N) is 1. The molecule has 1 fully saturated rings. The largest absolute Gasteiger partial charge is 0.360 e. The molecule has 0 bridgehead atoms. The van der Waals surface area contributed by atoms with Crippen LogP contribution in [0.2, 0.25) is 5.02 Å². The Morgan fingerprint density at radius 2 is 1.88 bits per heavy atom. The zero-order chi connectivity index (χ0) is 16.9. The Hall–Kier alpha value is -1.89. The zero-order valence-electron chi connectivity index (χ0n) is 13.7. The van der Waals surface area contributed by atoms with Crippen molar-refractivity contribution in [1.82, 2.24) is 15.0 Å². The van der Waals surface area contributed by atoms with Crippen molar-refractivity contribution in [3.05, 3.63) is 46.7 Å². The first kappa shape index (κ1) is 17.0. The van der Waals surface area contributed by atoms with Crippen LogP contribution in [-0.2, 0) is 11.3 Å². The Bertz CT molecular complexity index is 678. The van der Waals surface area contributed by atoms with Gasteiger partial charge in [-0.3, -0.25) is 14.6 Å². The van der Waals surface area contributed by atoms with E-state index in [1.54, 1.807) is 13.0 Å². The van der Waals surface area contributed by atoms with Crippen LogP contribution in [0.15, 0.2) is 34.9 Å². The molecule has 1 aliphatic rings. The SMILES string of the molecule is Cc1cc(NC(=O)CN2CCN(Cc3ccc(Cl)cc3)CC2)no1. The lowest BCUT2D eigenvalue weighted by Gasteiger charge is -2.34. The minimum absolute atomic E-state index is 0.0607. The van der Waals surface area contributed by atoms with E-state index in [-0.39, 0.29) is 5.91 Å². The average molecular weight is 349 g/mol. The number of amides is 1. The van der Waals surface area contributed by atoms with Gasteiger partial charge in [0.25, 0.3) is 0 Å². The van der Waals surface area contributed by atoms with Crippen LogP contribution < -0.4 is 5.32 Å². The fourth-order valence-corrected chi connectivity index (χ4v) is 2.89. The number of aromatic nitrogens is 1. The Morgan fingerprint density at radius 3 is 2.50 bits per heavy atom. The predicted molar refractivity (Wildman–Crippen MR) is 93.0 cm³/mol. The molecule has 1 saturated heterocycles. The Morgan fingerprint density at radius 1 is 1.21 bits per heavy atom. The molecule has 128 valence electrons. The predicted octanol–water partition coefficient (Wildman–Crippen LogP) is 2.39. The van der Waals surface area contributed by atoms with Crippen LogP contribution >= 0.6 is 11.6 Å². The maximum Gasteiger partial charge on any atom is 0.239 e. The highest BCUT2D eigenvalue weighted by molar-refractivity contribution is 6.30. The minimum atomic E-state index is -0.0607. The van der Waals surface area contributed by atoms with Gasteiger partial charge in [-0.1, -0.05) is 28.9 Å². The highest BCUT2D eigenvalue weighted by atomic mass is 35.5. The second kappa shape index (κ2) is 7.79. The third kappa shape index (κ3) is 4.80. The maximum absolute atomic E-state index is 12.0. The molecule has 1 N–H and O–H groups in total. The fraction of sp³-hybridized carbons (Fsp3) is 0.412. The molecule has 6 nitrogen and oxygen atoms in total. The molecule has 0 atom stereocenters. The van der Waals surface area contributed by atoms with Crippen molar-refractivity contribution in [2.75, 3.05) is 38.0 Å². The molecule has 2 aromatic rings. The summed E-state index contributed by atoms with van der Waals surface area (Å²) in [6, 6.07) is 9.66. The number of aryl methyl sites for hydroxylation is 1. The van der Waals surface area contributed by atoms with Gasteiger partial charge >= 0.3 is 0 Å². The normalized spacial score (nSPS) is 16.2. The monoisotopic (exact) mass is 348 g/mol. The van der Waals surface area contributed by atoms with Crippen molar-refractivity contribution < 1.29 is 9.32 Å². The fourth-order valence-electron chi connectivity index (χ4n) is 2.76. The molecular weight excluding hydrogens is 328 g/mol. The Kier molecular flexibility index (Phi) is 5.50. The number of nitrogens with zero attached hydrogens (tertiary/aromatic N) is 3. The van der Waals surface area contributed by atoms with Crippen molar-refractivity contribution in [3.8, 4) is 0 Å². The molecule has 1 aromatic heterocycles. The van der Waals surface area contributed by atoms with Crippen LogP contribution in [0.5, 0.6) is 0 Å². The van der Waals surface area contributed by atoms with E-state index in [1.807, 2.05) is 12.1 Å².